The Morgan fingerprint density at radius 3 is 2.93 bits per heavy atom. The zero-order chi connectivity index (χ0) is 20.9. The fraction of sp³-hybridized carbons (Fsp3) is 0.478. The van der Waals surface area contributed by atoms with Crippen LogP contribution >= 0.6 is 11.3 Å². The summed E-state index contributed by atoms with van der Waals surface area (Å²) in [4.78, 5) is 28.9. The standard InChI is InChI=1S/C23H27N3O3S/c1-15-6-3-4-8-17(15)24-22(28)23(2)14-25-18-9-11-30-20(18)12-19(25)21(27)26(23)13-16-7-5-10-29-16/h5,7,9-12,15,17H,3-4,6,8,13-14H2,1-2H3,(H,24,28)/t15-,17-,23-/m1/s1. The van der Waals surface area contributed by atoms with Crippen LogP contribution in [0.15, 0.2) is 40.3 Å². The second-order valence-electron chi connectivity index (χ2n) is 8.87. The minimum Gasteiger partial charge on any atom is -0.467 e. The third-order valence-corrected chi connectivity index (χ3v) is 7.71. The highest BCUT2D eigenvalue weighted by Gasteiger charge is 2.48. The number of fused-ring (bicyclic) bond motifs is 3. The van der Waals surface area contributed by atoms with Crippen LogP contribution in [-0.2, 0) is 17.9 Å². The second kappa shape index (κ2) is 7.30. The fourth-order valence-corrected chi connectivity index (χ4v) is 5.76. The van der Waals surface area contributed by atoms with Crippen molar-refractivity contribution in [3.8, 4) is 0 Å². The van der Waals surface area contributed by atoms with Gasteiger partial charge in [0.25, 0.3) is 5.91 Å². The van der Waals surface area contributed by atoms with Crippen LogP contribution in [0.1, 0.15) is 55.8 Å². The SMILES string of the molecule is C[C@@H]1CCCC[C@H]1NC(=O)[C@@]1(C)Cn2c(cc3sccc32)C(=O)N1Cc1ccco1. The number of carbonyl (C=O) groups is 2. The number of nitrogens with one attached hydrogen (secondary N) is 1. The molecule has 0 aromatic carbocycles. The molecule has 2 aliphatic rings. The Hall–Kier alpha value is -2.54. The summed E-state index contributed by atoms with van der Waals surface area (Å²) in [6.45, 7) is 4.80. The maximum Gasteiger partial charge on any atom is 0.271 e. The zero-order valence-corrected chi connectivity index (χ0v) is 18.2. The van der Waals surface area contributed by atoms with Gasteiger partial charge in [-0.3, -0.25) is 9.59 Å². The van der Waals surface area contributed by atoms with Crippen LogP contribution in [-0.4, -0.2) is 32.9 Å². The number of thiophene rings is 1. The molecule has 1 aliphatic heterocycles. The Morgan fingerprint density at radius 2 is 2.17 bits per heavy atom. The van der Waals surface area contributed by atoms with Gasteiger partial charge in [-0.05, 0) is 55.3 Å². The summed E-state index contributed by atoms with van der Waals surface area (Å²) in [6, 6.07) is 7.79. The van der Waals surface area contributed by atoms with Gasteiger partial charge in [0.2, 0.25) is 5.91 Å². The van der Waals surface area contributed by atoms with Gasteiger partial charge < -0.3 is 19.2 Å². The van der Waals surface area contributed by atoms with Crippen molar-refractivity contribution in [1.82, 2.24) is 14.8 Å². The molecule has 6 nitrogen and oxygen atoms in total. The predicted molar refractivity (Wildman–Crippen MR) is 116 cm³/mol. The van der Waals surface area contributed by atoms with Crippen molar-refractivity contribution in [2.24, 2.45) is 5.92 Å². The Bertz CT molecular complexity index is 1080. The molecule has 3 atom stereocenters. The highest BCUT2D eigenvalue weighted by molar-refractivity contribution is 7.17. The van der Waals surface area contributed by atoms with Crippen LogP contribution in [0.3, 0.4) is 0 Å². The molecule has 1 aliphatic carbocycles. The normalized spacial score (nSPS) is 26.7. The smallest absolute Gasteiger partial charge is 0.271 e. The lowest BCUT2D eigenvalue weighted by Gasteiger charge is -2.45. The molecule has 30 heavy (non-hydrogen) atoms. The maximum atomic E-state index is 13.7. The van der Waals surface area contributed by atoms with E-state index in [2.05, 4.69) is 12.2 Å². The first-order chi connectivity index (χ1) is 14.5. The number of hydrogen-bond acceptors (Lipinski definition) is 4. The molecule has 2 amide bonds. The Labute approximate surface area is 179 Å². The average molecular weight is 426 g/mol. The molecule has 0 radical (unpaired) electrons. The molecule has 0 unspecified atom stereocenters. The molecule has 1 N–H and O–H groups in total. The van der Waals surface area contributed by atoms with Crippen molar-refractivity contribution in [3.05, 3.63) is 47.4 Å². The Kier molecular flexibility index (Phi) is 4.73. The van der Waals surface area contributed by atoms with E-state index in [1.807, 2.05) is 41.1 Å². The molecule has 0 bridgehead atoms. The predicted octanol–water partition coefficient (Wildman–Crippen LogP) is 4.41. The molecule has 0 saturated heterocycles. The lowest BCUT2D eigenvalue weighted by molar-refractivity contribution is -0.134. The van der Waals surface area contributed by atoms with Gasteiger partial charge in [0.1, 0.15) is 17.0 Å². The van der Waals surface area contributed by atoms with E-state index >= 15 is 0 Å². The van der Waals surface area contributed by atoms with Gasteiger partial charge >= 0.3 is 0 Å². The summed E-state index contributed by atoms with van der Waals surface area (Å²) >= 11 is 1.62. The zero-order valence-electron chi connectivity index (χ0n) is 17.4. The van der Waals surface area contributed by atoms with E-state index < -0.39 is 5.54 Å². The van der Waals surface area contributed by atoms with Crippen LogP contribution in [0.25, 0.3) is 10.2 Å². The second-order valence-corrected chi connectivity index (χ2v) is 9.82. The summed E-state index contributed by atoms with van der Waals surface area (Å²) in [5, 5.41) is 5.33. The van der Waals surface area contributed by atoms with Gasteiger partial charge in [-0.2, -0.15) is 0 Å². The Morgan fingerprint density at radius 1 is 1.33 bits per heavy atom. The molecule has 7 heteroatoms. The van der Waals surface area contributed by atoms with Crippen molar-refractivity contribution in [1.29, 1.82) is 0 Å². The van der Waals surface area contributed by atoms with Crippen molar-refractivity contribution in [2.45, 2.75) is 64.2 Å². The van der Waals surface area contributed by atoms with Crippen LogP contribution < -0.4 is 5.32 Å². The van der Waals surface area contributed by atoms with Crippen molar-refractivity contribution in [2.75, 3.05) is 0 Å². The fourth-order valence-electron chi connectivity index (χ4n) is 4.93. The number of furan rings is 1. The summed E-state index contributed by atoms with van der Waals surface area (Å²) in [5.74, 6) is 0.921. The van der Waals surface area contributed by atoms with E-state index in [1.54, 1.807) is 22.5 Å². The summed E-state index contributed by atoms with van der Waals surface area (Å²) < 4.78 is 8.61. The number of hydrogen-bond donors (Lipinski definition) is 1. The quantitative estimate of drug-likeness (QED) is 0.673. The van der Waals surface area contributed by atoms with E-state index in [1.165, 1.54) is 6.42 Å². The molecular formula is C23H27N3O3S. The number of nitrogens with zero attached hydrogens (tertiary/aromatic N) is 2. The van der Waals surface area contributed by atoms with Gasteiger partial charge in [-0.1, -0.05) is 19.8 Å². The van der Waals surface area contributed by atoms with E-state index in [-0.39, 0.29) is 24.4 Å². The van der Waals surface area contributed by atoms with Crippen molar-refractivity contribution < 1.29 is 14.0 Å². The largest absolute Gasteiger partial charge is 0.467 e. The van der Waals surface area contributed by atoms with Crippen LogP contribution in [0, 0.1) is 5.92 Å². The molecular weight excluding hydrogens is 398 g/mol. The molecule has 3 aromatic rings. The summed E-state index contributed by atoms with van der Waals surface area (Å²) in [6.07, 6.45) is 6.09. The highest BCUT2D eigenvalue weighted by atomic mass is 32.1. The first kappa shape index (κ1) is 19.4. The number of aromatic nitrogens is 1. The molecule has 4 heterocycles. The summed E-state index contributed by atoms with van der Waals surface area (Å²) in [5.41, 5.74) is 0.660. The lowest BCUT2D eigenvalue weighted by atomic mass is 9.85. The minimum atomic E-state index is -0.998. The van der Waals surface area contributed by atoms with Crippen LogP contribution in [0.4, 0.5) is 0 Å². The maximum absolute atomic E-state index is 13.7. The van der Waals surface area contributed by atoms with E-state index in [9.17, 15) is 9.59 Å². The molecule has 1 saturated carbocycles. The number of carbonyl (C=O) groups excluding carboxylic acids is 2. The van der Waals surface area contributed by atoms with Crippen LogP contribution in [0.5, 0.6) is 0 Å². The van der Waals surface area contributed by atoms with Crippen molar-refractivity contribution in [3.63, 3.8) is 0 Å². The molecule has 0 spiro atoms. The molecule has 5 rings (SSSR count). The van der Waals surface area contributed by atoms with Gasteiger partial charge in [-0.15, -0.1) is 11.3 Å². The highest BCUT2D eigenvalue weighted by Crippen LogP contribution is 2.36. The van der Waals surface area contributed by atoms with Gasteiger partial charge in [0.05, 0.1) is 29.6 Å². The summed E-state index contributed by atoms with van der Waals surface area (Å²) in [7, 11) is 0. The van der Waals surface area contributed by atoms with E-state index in [0.717, 1.165) is 29.5 Å². The van der Waals surface area contributed by atoms with Crippen molar-refractivity contribution >= 4 is 33.4 Å². The first-order valence-corrected chi connectivity index (χ1v) is 11.6. The third-order valence-electron chi connectivity index (χ3n) is 6.86. The van der Waals surface area contributed by atoms with Gasteiger partial charge in [0, 0.05) is 6.04 Å². The average Bonchev–Trinajstić information content (AvgIpc) is 3.45. The number of rotatable bonds is 4. The van der Waals surface area contributed by atoms with Gasteiger partial charge in [-0.25, -0.2) is 0 Å². The molecule has 3 aromatic heterocycles. The first-order valence-electron chi connectivity index (χ1n) is 10.7. The van der Waals surface area contributed by atoms with E-state index in [0.29, 0.717) is 23.9 Å². The molecule has 158 valence electrons. The lowest BCUT2D eigenvalue weighted by Crippen LogP contribution is -2.65. The minimum absolute atomic E-state index is 0.0797. The topological polar surface area (TPSA) is 67.5 Å². The third kappa shape index (κ3) is 3.07. The van der Waals surface area contributed by atoms with E-state index in [4.69, 9.17) is 4.42 Å². The van der Waals surface area contributed by atoms with Crippen LogP contribution in [0.2, 0.25) is 0 Å². The van der Waals surface area contributed by atoms with Gasteiger partial charge in [0.15, 0.2) is 0 Å². The number of amides is 2. The molecule has 1 fully saturated rings. The Balaban J connectivity index is 1.53. The monoisotopic (exact) mass is 425 g/mol.